The maximum absolute atomic E-state index is 12.0. The summed E-state index contributed by atoms with van der Waals surface area (Å²) in [5, 5.41) is 11.0. The number of rotatable bonds is 0. The number of ketones is 1. The molecule has 122 valence electrons. The molecule has 0 aromatic carbocycles. The molecule has 22 heavy (non-hydrogen) atoms. The van der Waals surface area contributed by atoms with Crippen LogP contribution in [-0.4, -0.2) is 17.0 Å². The summed E-state index contributed by atoms with van der Waals surface area (Å²) in [4.78, 5) is 12.0. The third-order valence-corrected chi connectivity index (χ3v) is 8.44. The first-order chi connectivity index (χ1) is 10.4. The third-order valence-electron chi connectivity index (χ3n) is 8.00. The Morgan fingerprint density at radius 2 is 1.82 bits per heavy atom. The Balaban J connectivity index is 1.72. The van der Waals surface area contributed by atoms with Crippen LogP contribution in [0, 0.1) is 28.6 Å². The van der Waals surface area contributed by atoms with Crippen molar-refractivity contribution in [3.8, 4) is 0 Å². The summed E-state index contributed by atoms with van der Waals surface area (Å²) in [5.74, 6) is 2.18. The molecule has 0 bridgehead atoms. The van der Waals surface area contributed by atoms with E-state index in [1.165, 1.54) is 18.4 Å². The Labute approximate surface area is 138 Å². The van der Waals surface area contributed by atoms with Gasteiger partial charge in [-0.25, -0.2) is 0 Å². The fourth-order valence-corrected chi connectivity index (χ4v) is 7.03. The van der Waals surface area contributed by atoms with Gasteiger partial charge in [0.2, 0.25) is 0 Å². The molecule has 4 rings (SSSR count). The van der Waals surface area contributed by atoms with Crippen LogP contribution < -0.4 is 0 Å². The lowest BCUT2D eigenvalue weighted by Crippen LogP contribution is -2.51. The van der Waals surface area contributed by atoms with Gasteiger partial charge < -0.3 is 5.11 Å². The van der Waals surface area contributed by atoms with Crippen LogP contribution in [0.2, 0.25) is 0 Å². The van der Waals surface area contributed by atoms with Crippen molar-refractivity contribution in [1.82, 2.24) is 0 Å². The second kappa shape index (κ2) is 4.83. The average Bonchev–Trinajstić information content (AvgIpc) is 2.79. The lowest BCUT2D eigenvalue weighted by Gasteiger charge is -2.57. The van der Waals surface area contributed by atoms with Gasteiger partial charge in [-0.3, -0.25) is 4.79 Å². The number of halogens is 1. The predicted molar refractivity (Wildman–Crippen MR) is 87.5 cm³/mol. The molecular formula is C19H27ClO2. The smallest absolute Gasteiger partial charge is 0.174 e. The average molecular weight is 323 g/mol. The SMILES string of the molecule is C[C@]12CC[C@H]3[C@H](CCC4=C(Cl)C(=O)CC[C@@]43C)[C@@H]1CC[C@@H]2O. The molecule has 0 unspecified atom stereocenters. The Morgan fingerprint density at radius 1 is 1.05 bits per heavy atom. The quantitative estimate of drug-likeness (QED) is 0.715. The standard InChI is InChI=1S/C19H27ClO2/c1-18-10-8-15(21)17(20)14(18)4-3-11-12-5-6-16(22)19(12,2)9-7-13(11)18/h11-13,16,22H,3-10H2,1-2H3/t11-,12+,13+,16+,18-,19+/m1/s1. The number of Topliss-reactive ketones (excluding diaryl/α,β-unsaturated/α-hetero) is 1. The van der Waals surface area contributed by atoms with Gasteiger partial charge in [-0.2, -0.15) is 0 Å². The van der Waals surface area contributed by atoms with Crippen LogP contribution in [0.25, 0.3) is 0 Å². The maximum atomic E-state index is 12.0. The van der Waals surface area contributed by atoms with E-state index >= 15 is 0 Å². The molecule has 6 atom stereocenters. The summed E-state index contributed by atoms with van der Waals surface area (Å²) in [7, 11) is 0. The van der Waals surface area contributed by atoms with Crippen LogP contribution in [0.5, 0.6) is 0 Å². The normalized spacial score (nSPS) is 51.4. The van der Waals surface area contributed by atoms with Gasteiger partial charge in [0.15, 0.2) is 5.78 Å². The first kappa shape index (κ1) is 15.2. The van der Waals surface area contributed by atoms with E-state index in [4.69, 9.17) is 11.6 Å². The topological polar surface area (TPSA) is 37.3 Å². The molecule has 3 fully saturated rings. The number of hydrogen-bond acceptors (Lipinski definition) is 2. The summed E-state index contributed by atoms with van der Waals surface area (Å²) in [6.07, 6.45) is 8.11. The van der Waals surface area contributed by atoms with Crippen molar-refractivity contribution in [1.29, 1.82) is 0 Å². The van der Waals surface area contributed by atoms with Crippen LogP contribution in [0.15, 0.2) is 10.6 Å². The minimum atomic E-state index is -0.111. The molecule has 0 aromatic heterocycles. The highest BCUT2D eigenvalue weighted by molar-refractivity contribution is 6.43. The minimum absolute atomic E-state index is 0.111. The zero-order valence-electron chi connectivity index (χ0n) is 13.7. The molecule has 0 heterocycles. The molecule has 0 aromatic rings. The number of fused-ring (bicyclic) bond motifs is 5. The fourth-order valence-electron chi connectivity index (χ4n) is 6.62. The third kappa shape index (κ3) is 1.80. The van der Waals surface area contributed by atoms with Crippen molar-refractivity contribution in [3.63, 3.8) is 0 Å². The van der Waals surface area contributed by atoms with Gasteiger partial charge in [0.05, 0.1) is 11.1 Å². The Morgan fingerprint density at radius 3 is 2.59 bits per heavy atom. The number of aliphatic hydroxyl groups is 1. The molecule has 0 aliphatic heterocycles. The maximum Gasteiger partial charge on any atom is 0.174 e. The molecular weight excluding hydrogens is 296 g/mol. The second-order valence-corrected chi connectivity index (χ2v) is 9.06. The highest BCUT2D eigenvalue weighted by atomic mass is 35.5. The number of allylic oxidation sites excluding steroid dienone is 1. The second-order valence-electron chi connectivity index (χ2n) is 8.69. The zero-order valence-corrected chi connectivity index (χ0v) is 14.5. The number of aliphatic hydroxyl groups excluding tert-OH is 1. The van der Waals surface area contributed by atoms with Gasteiger partial charge in [0.25, 0.3) is 0 Å². The number of carbonyl (C=O) groups excluding carboxylic acids is 1. The largest absolute Gasteiger partial charge is 0.393 e. The van der Waals surface area contributed by atoms with Crippen LogP contribution in [0.4, 0.5) is 0 Å². The van der Waals surface area contributed by atoms with E-state index in [0.717, 1.165) is 32.1 Å². The summed E-state index contributed by atoms with van der Waals surface area (Å²) in [6, 6.07) is 0. The Bertz CT molecular complexity index is 554. The highest BCUT2D eigenvalue weighted by Crippen LogP contribution is 2.65. The minimum Gasteiger partial charge on any atom is -0.393 e. The molecule has 0 saturated heterocycles. The lowest BCUT2D eigenvalue weighted by molar-refractivity contribution is -0.118. The van der Waals surface area contributed by atoms with Crippen molar-refractivity contribution >= 4 is 17.4 Å². The molecule has 4 aliphatic carbocycles. The van der Waals surface area contributed by atoms with Crippen molar-refractivity contribution < 1.29 is 9.90 Å². The molecule has 3 saturated carbocycles. The van der Waals surface area contributed by atoms with E-state index in [9.17, 15) is 9.90 Å². The summed E-state index contributed by atoms with van der Waals surface area (Å²) in [6.45, 7) is 4.68. The molecule has 0 spiro atoms. The number of carbonyl (C=O) groups is 1. The molecule has 2 nitrogen and oxygen atoms in total. The lowest BCUT2D eigenvalue weighted by atomic mass is 9.47. The Hall–Kier alpha value is -0.340. The molecule has 4 aliphatic rings. The molecule has 3 heteroatoms. The van der Waals surface area contributed by atoms with E-state index < -0.39 is 0 Å². The van der Waals surface area contributed by atoms with Crippen LogP contribution in [0.3, 0.4) is 0 Å². The van der Waals surface area contributed by atoms with E-state index in [1.54, 1.807) is 0 Å². The molecule has 0 amide bonds. The van der Waals surface area contributed by atoms with E-state index in [-0.39, 0.29) is 22.7 Å². The summed E-state index contributed by atoms with van der Waals surface area (Å²) in [5.41, 5.74) is 1.52. The van der Waals surface area contributed by atoms with Crippen molar-refractivity contribution in [3.05, 3.63) is 10.6 Å². The Kier molecular flexibility index (Phi) is 3.34. The summed E-state index contributed by atoms with van der Waals surface area (Å²) < 4.78 is 0. The monoisotopic (exact) mass is 322 g/mol. The van der Waals surface area contributed by atoms with E-state index in [2.05, 4.69) is 13.8 Å². The first-order valence-electron chi connectivity index (χ1n) is 8.98. The van der Waals surface area contributed by atoms with Gasteiger partial charge in [0.1, 0.15) is 0 Å². The predicted octanol–water partition coefficient (Wildman–Crippen LogP) is 4.45. The van der Waals surface area contributed by atoms with Crippen LogP contribution in [-0.2, 0) is 4.79 Å². The molecule has 0 radical (unpaired) electrons. The van der Waals surface area contributed by atoms with Gasteiger partial charge in [-0.1, -0.05) is 25.4 Å². The van der Waals surface area contributed by atoms with Gasteiger partial charge >= 0.3 is 0 Å². The molecule has 1 N–H and O–H groups in total. The van der Waals surface area contributed by atoms with Crippen LogP contribution in [0.1, 0.15) is 65.2 Å². The number of hydrogen-bond donors (Lipinski definition) is 1. The van der Waals surface area contributed by atoms with E-state index in [0.29, 0.717) is 29.2 Å². The van der Waals surface area contributed by atoms with Gasteiger partial charge in [0, 0.05) is 6.42 Å². The zero-order chi connectivity index (χ0) is 15.7. The van der Waals surface area contributed by atoms with Crippen LogP contribution >= 0.6 is 11.6 Å². The van der Waals surface area contributed by atoms with Crippen molar-refractivity contribution in [2.45, 2.75) is 71.3 Å². The first-order valence-corrected chi connectivity index (χ1v) is 9.36. The van der Waals surface area contributed by atoms with Crippen molar-refractivity contribution in [2.75, 3.05) is 0 Å². The van der Waals surface area contributed by atoms with Crippen molar-refractivity contribution in [2.24, 2.45) is 28.6 Å². The fraction of sp³-hybridized carbons (Fsp3) is 0.842. The summed E-state index contributed by atoms with van der Waals surface area (Å²) >= 11 is 6.41. The van der Waals surface area contributed by atoms with Gasteiger partial charge in [-0.05, 0) is 79.1 Å². The van der Waals surface area contributed by atoms with Gasteiger partial charge in [-0.15, -0.1) is 0 Å². The highest BCUT2D eigenvalue weighted by Gasteiger charge is 2.59. The van der Waals surface area contributed by atoms with E-state index in [1.807, 2.05) is 0 Å².